The number of carbonyl (C=O) groups excluding carboxylic acids is 2. The van der Waals surface area contributed by atoms with Crippen LogP contribution in [0.5, 0.6) is 11.5 Å². The number of aliphatic hydroxyl groups is 1. The van der Waals surface area contributed by atoms with Crippen molar-refractivity contribution in [1.82, 2.24) is 19.4 Å². The van der Waals surface area contributed by atoms with Crippen LogP contribution in [0.3, 0.4) is 0 Å². The predicted octanol–water partition coefficient (Wildman–Crippen LogP) is 3.62. The van der Waals surface area contributed by atoms with Crippen molar-refractivity contribution in [3.05, 3.63) is 88.0 Å². The number of carbonyl (C=O) groups is 2. The number of benzene rings is 2. The fourth-order valence-electron chi connectivity index (χ4n) is 5.41. The highest BCUT2D eigenvalue weighted by atomic mass is 16.6. The van der Waals surface area contributed by atoms with Crippen molar-refractivity contribution in [3.8, 4) is 11.5 Å². The standard InChI is InChI=1S/C29H26N6O8/c1-32-19(13-31-28(32)35(39)40)15-43-29(38)34-22-12-25(42-3)24(41-2)11-20(22)26(36)33-14-18(10-23(33)27(34)37)16-6-7-21-17(9-16)5-4-8-30-21/h4-9,11-14,23,27,37H,10,15H2,1-3H3/t23-,27?/m0/s1. The molecule has 1 N–H and O–H groups in total. The Bertz CT molecular complexity index is 1820. The number of ether oxygens (including phenoxy) is 3. The molecular formula is C29H26N6O8. The van der Waals surface area contributed by atoms with Crippen LogP contribution in [-0.2, 0) is 18.4 Å². The molecule has 14 nitrogen and oxygen atoms in total. The number of nitro groups is 1. The van der Waals surface area contributed by atoms with Gasteiger partial charge in [-0.3, -0.25) is 9.78 Å². The van der Waals surface area contributed by atoms with Crippen LogP contribution >= 0.6 is 0 Å². The fourth-order valence-corrected chi connectivity index (χ4v) is 5.41. The molecule has 2 amide bonds. The van der Waals surface area contributed by atoms with Crippen LogP contribution in [0.1, 0.15) is 28.0 Å². The van der Waals surface area contributed by atoms with E-state index in [1.165, 1.54) is 49.1 Å². The third kappa shape index (κ3) is 4.67. The Morgan fingerprint density at radius 3 is 2.63 bits per heavy atom. The van der Waals surface area contributed by atoms with Crippen LogP contribution in [-0.4, -0.2) is 68.0 Å². The molecule has 43 heavy (non-hydrogen) atoms. The summed E-state index contributed by atoms with van der Waals surface area (Å²) < 4.78 is 17.5. The second kappa shape index (κ2) is 10.7. The van der Waals surface area contributed by atoms with Gasteiger partial charge in [0.25, 0.3) is 5.91 Å². The van der Waals surface area contributed by atoms with Gasteiger partial charge in [0.1, 0.15) is 6.20 Å². The van der Waals surface area contributed by atoms with E-state index in [0.717, 1.165) is 26.9 Å². The predicted molar refractivity (Wildman–Crippen MR) is 152 cm³/mol. The molecule has 2 aliphatic rings. The molecule has 1 unspecified atom stereocenters. The summed E-state index contributed by atoms with van der Waals surface area (Å²) in [5.74, 6) is -0.402. The molecule has 0 radical (unpaired) electrons. The lowest BCUT2D eigenvalue weighted by Gasteiger charge is -2.31. The van der Waals surface area contributed by atoms with Crippen LogP contribution in [0.25, 0.3) is 16.5 Å². The third-order valence-corrected chi connectivity index (χ3v) is 7.65. The summed E-state index contributed by atoms with van der Waals surface area (Å²) in [5, 5.41) is 23.8. The number of nitrogens with zero attached hydrogens (tertiary/aromatic N) is 6. The lowest BCUT2D eigenvalue weighted by Crippen LogP contribution is -2.50. The minimum Gasteiger partial charge on any atom is -0.493 e. The second-order valence-corrected chi connectivity index (χ2v) is 9.98. The van der Waals surface area contributed by atoms with Crippen LogP contribution < -0.4 is 14.4 Å². The van der Waals surface area contributed by atoms with Crippen LogP contribution in [0.4, 0.5) is 16.4 Å². The van der Waals surface area contributed by atoms with E-state index in [1.807, 2.05) is 30.3 Å². The first-order valence-electron chi connectivity index (χ1n) is 13.2. The second-order valence-electron chi connectivity index (χ2n) is 9.98. The first-order chi connectivity index (χ1) is 20.7. The lowest BCUT2D eigenvalue weighted by atomic mass is 9.99. The molecule has 4 aromatic rings. The number of fused-ring (bicyclic) bond motifs is 3. The van der Waals surface area contributed by atoms with Crippen molar-refractivity contribution < 1.29 is 33.8 Å². The maximum Gasteiger partial charge on any atom is 0.434 e. The van der Waals surface area contributed by atoms with E-state index in [2.05, 4.69) is 9.97 Å². The van der Waals surface area contributed by atoms with E-state index in [1.54, 1.807) is 12.4 Å². The van der Waals surface area contributed by atoms with Crippen molar-refractivity contribution in [2.24, 2.45) is 7.05 Å². The van der Waals surface area contributed by atoms with E-state index >= 15 is 0 Å². The average Bonchev–Trinajstić information content (AvgIpc) is 3.61. The first kappa shape index (κ1) is 27.7. The summed E-state index contributed by atoms with van der Waals surface area (Å²) in [5.41, 5.74) is 2.82. The number of pyridine rings is 1. The van der Waals surface area contributed by atoms with Crippen molar-refractivity contribution in [2.45, 2.75) is 25.3 Å². The van der Waals surface area contributed by atoms with Gasteiger partial charge in [0.2, 0.25) is 0 Å². The molecule has 0 saturated carbocycles. The number of anilines is 1. The molecule has 2 atom stereocenters. The van der Waals surface area contributed by atoms with Crippen LogP contribution in [0.15, 0.2) is 61.1 Å². The average molecular weight is 587 g/mol. The smallest absolute Gasteiger partial charge is 0.434 e. The van der Waals surface area contributed by atoms with Crippen molar-refractivity contribution in [1.29, 1.82) is 0 Å². The largest absolute Gasteiger partial charge is 0.493 e. The maximum atomic E-state index is 14.0. The zero-order chi connectivity index (χ0) is 30.4. The number of aromatic nitrogens is 3. The van der Waals surface area contributed by atoms with Gasteiger partial charge in [-0.1, -0.05) is 17.1 Å². The quantitative estimate of drug-likeness (QED) is 0.261. The van der Waals surface area contributed by atoms with Gasteiger partial charge in [0, 0.05) is 23.8 Å². The molecule has 0 bridgehead atoms. The number of aliphatic hydroxyl groups excluding tert-OH is 1. The van der Waals surface area contributed by atoms with Crippen LogP contribution in [0.2, 0.25) is 0 Å². The summed E-state index contributed by atoms with van der Waals surface area (Å²) >= 11 is 0. The zero-order valence-corrected chi connectivity index (χ0v) is 23.3. The number of rotatable bonds is 6. The minimum absolute atomic E-state index is 0.0530. The van der Waals surface area contributed by atoms with E-state index in [4.69, 9.17) is 14.2 Å². The van der Waals surface area contributed by atoms with Gasteiger partial charge in [-0.05, 0) is 46.7 Å². The summed E-state index contributed by atoms with van der Waals surface area (Å²) in [4.78, 5) is 48.7. The van der Waals surface area contributed by atoms with E-state index in [9.17, 15) is 24.8 Å². The molecule has 0 aliphatic carbocycles. The van der Waals surface area contributed by atoms with Gasteiger partial charge in [0.15, 0.2) is 30.0 Å². The highest BCUT2D eigenvalue weighted by molar-refractivity contribution is 6.07. The monoisotopic (exact) mass is 586 g/mol. The molecular weight excluding hydrogens is 560 g/mol. The maximum absolute atomic E-state index is 14.0. The Labute approximate surface area is 244 Å². The number of hydrogen-bond donors (Lipinski definition) is 1. The topological polar surface area (TPSA) is 162 Å². The van der Waals surface area contributed by atoms with Gasteiger partial charge < -0.3 is 34.3 Å². The first-order valence-corrected chi connectivity index (χ1v) is 13.2. The Balaban J connectivity index is 1.39. The molecule has 220 valence electrons. The third-order valence-electron chi connectivity index (χ3n) is 7.65. The van der Waals surface area contributed by atoms with Gasteiger partial charge >= 0.3 is 12.0 Å². The van der Waals surface area contributed by atoms with Crippen molar-refractivity contribution in [3.63, 3.8) is 0 Å². The molecule has 2 aromatic heterocycles. The number of imidazole rings is 1. The Hall–Kier alpha value is -5.50. The molecule has 2 aromatic carbocycles. The normalized spacial score (nSPS) is 17.7. The van der Waals surface area contributed by atoms with Gasteiger partial charge in [-0.2, -0.15) is 0 Å². The summed E-state index contributed by atoms with van der Waals surface area (Å²) in [7, 11) is 4.25. The zero-order valence-electron chi connectivity index (χ0n) is 23.3. The van der Waals surface area contributed by atoms with Crippen LogP contribution in [0, 0.1) is 10.1 Å². The van der Waals surface area contributed by atoms with E-state index < -0.39 is 35.1 Å². The van der Waals surface area contributed by atoms with E-state index in [-0.39, 0.29) is 41.5 Å². The summed E-state index contributed by atoms with van der Waals surface area (Å²) in [6, 6.07) is 11.5. The Morgan fingerprint density at radius 1 is 1.14 bits per heavy atom. The minimum atomic E-state index is -1.53. The van der Waals surface area contributed by atoms with Crippen molar-refractivity contribution >= 4 is 40.1 Å². The highest BCUT2D eigenvalue weighted by Gasteiger charge is 2.46. The van der Waals surface area contributed by atoms with Gasteiger partial charge in [-0.15, -0.1) is 0 Å². The molecule has 2 aliphatic heterocycles. The number of methoxy groups -OCH3 is 2. The van der Waals surface area contributed by atoms with E-state index in [0.29, 0.717) is 0 Å². The molecule has 6 rings (SSSR count). The molecule has 0 saturated heterocycles. The SMILES string of the molecule is COc1cc2c(cc1OC)N(C(=O)OCc1cnc([N+](=O)[O-])n1C)C(O)[C@@H]1CC(c3ccc4ncccc4c3)=CN1C2=O. The lowest BCUT2D eigenvalue weighted by molar-refractivity contribution is -0.396. The summed E-state index contributed by atoms with van der Waals surface area (Å²) in [6.45, 7) is -0.376. The molecule has 0 fully saturated rings. The number of hydrogen-bond acceptors (Lipinski definition) is 10. The Kier molecular flexibility index (Phi) is 6.90. The fraction of sp³-hybridized carbons (Fsp3) is 0.241. The molecule has 14 heteroatoms. The summed E-state index contributed by atoms with van der Waals surface area (Å²) in [6.07, 6.45) is 2.33. The highest BCUT2D eigenvalue weighted by Crippen LogP contribution is 2.43. The molecule has 4 heterocycles. The molecule has 0 spiro atoms. The van der Waals surface area contributed by atoms with Gasteiger partial charge in [-0.25, -0.2) is 14.3 Å². The van der Waals surface area contributed by atoms with Crippen molar-refractivity contribution in [2.75, 3.05) is 19.1 Å². The number of amides is 2. The van der Waals surface area contributed by atoms with Gasteiger partial charge in [0.05, 0.1) is 44.1 Å². The Morgan fingerprint density at radius 2 is 1.91 bits per heavy atom.